The maximum atomic E-state index is 12.2. The van der Waals surface area contributed by atoms with E-state index in [9.17, 15) is 4.79 Å². The molecule has 1 amide bonds. The lowest BCUT2D eigenvalue weighted by Crippen LogP contribution is -2.26. The molecule has 0 aliphatic heterocycles. The number of nitrogens with one attached hydrogen (secondary N) is 1. The minimum Gasteiger partial charge on any atom is -0.351 e. The van der Waals surface area contributed by atoms with Crippen LogP contribution in [0.3, 0.4) is 0 Å². The molecule has 124 valence electrons. The second kappa shape index (κ2) is 8.74. The number of pyridine rings is 1. The van der Waals surface area contributed by atoms with E-state index in [0.717, 1.165) is 41.4 Å². The van der Waals surface area contributed by atoms with Gasteiger partial charge in [-0.05, 0) is 58.1 Å². The van der Waals surface area contributed by atoms with E-state index in [1.807, 2.05) is 33.2 Å². The van der Waals surface area contributed by atoms with E-state index in [-0.39, 0.29) is 5.91 Å². The van der Waals surface area contributed by atoms with Gasteiger partial charge in [0.2, 0.25) is 0 Å². The van der Waals surface area contributed by atoms with Gasteiger partial charge in [0.05, 0.1) is 10.7 Å². The summed E-state index contributed by atoms with van der Waals surface area (Å²) < 4.78 is 0. The average molecular weight is 332 g/mol. The molecule has 0 radical (unpaired) electrons. The Balaban J connectivity index is 1.86. The minimum atomic E-state index is -0.00563. The van der Waals surface area contributed by atoms with Gasteiger partial charge in [-0.1, -0.05) is 0 Å². The predicted octanol–water partition coefficient (Wildman–Crippen LogP) is 2.31. The molecule has 23 heavy (non-hydrogen) atoms. The minimum absolute atomic E-state index is 0.00563. The molecule has 1 N–H and O–H groups in total. The smallest absolute Gasteiger partial charge is 0.263 e. The second-order valence-corrected chi connectivity index (χ2v) is 6.87. The normalized spacial score (nSPS) is 11.0. The van der Waals surface area contributed by atoms with Crippen molar-refractivity contribution in [1.29, 1.82) is 0 Å². The van der Waals surface area contributed by atoms with Gasteiger partial charge in [-0.3, -0.25) is 9.78 Å². The molecular weight excluding hydrogens is 308 g/mol. The summed E-state index contributed by atoms with van der Waals surface area (Å²) in [4.78, 5) is 23.6. The van der Waals surface area contributed by atoms with Gasteiger partial charge in [-0.2, -0.15) is 0 Å². The molecule has 0 aliphatic rings. The number of amides is 1. The molecule has 5 nitrogen and oxygen atoms in total. The van der Waals surface area contributed by atoms with Crippen LogP contribution in [0.15, 0.2) is 24.5 Å². The molecule has 0 bridgehead atoms. The number of rotatable bonds is 8. The fraction of sp³-hybridized carbons (Fsp3) is 0.471. The van der Waals surface area contributed by atoms with E-state index in [1.165, 1.54) is 16.9 Å². The Labute approximate surface area is 141 Å². The number of aryl methyl sites for hydroxylation is 3. The topological polar surface area (TPSA) is 58.1 Å². The largest absolute Gasteiger partial charge is 0.351 e. The van der Waals surface area contributed by atoms with Crippen molar-refractivity contribution in [3.05, 3.63) is 45.7 Å². The zero-order valence-electron chi connectivity index (χ0n) is 14.0. The van der Waals surface area contributed by atoms with Crippen LogP contribution in [0.1, 0.15) is 32.4 Å². The zero-order chi connectivity index (χ0) is 16.7. The van der Waals surface area contributed by atoms with Gasteiger partial charge >= 0.3 is 0 Å². The van der Waals surface area contributed by atoms with Gasteiger partial charge in [-0.15, -0.1) is 11.3 Å². The molecular formula is C17H24N4OS. The third kappa shape index (κ3) is 5.73. The van der Waals surface area contributed by atoms with Crippen LogP contribution in [0.2, 0.25) is 0 Å². The van der Waals surface area contributed by atoms with E-state index >= 15 is 0 Å². The highest BCUT2D eigenvalue weighted by Crippen LogP contribution is 2.19. The van der Waals surface area contributed by atoms with E-state index in [0.29, 0.717) is 6.54 Å². The van der Waals surface area contributed by atoms with Crippen LogP contribution in [0, 0.1) is 6.92 Å². The third-order valence-corrected chi connectivity index (χ3v) is 4.71. The van der Waals surface area contributed by atoms with E-state index < -0.39 is 0 Å². The number of carbonyl (C=O) groups excluding carboxylic acids is 1. The molecule has 2 aromatic rings. The van der Waals surface area contributed by atoms with Crippen LogP contribution < -0.4 is 5.32 Å². The van der Waals surface area contributed by atoms with Crippen LogP contribution in [0.5, 0.6) is 0 Å². The summed E-state index contributed by atoms with van der Waals surface area (Å²) in [6, 6.07) is 4.03. The van der Waals surface area contributed by atoms with Crippen molar-refractivity contribution in [3.63, 3.8) is 0 Å². The van der Waals surface area contributed by atoms with E-state index in [1.54, 1.807) is 12.4 Å². The number of thiazole rings is 1. The quantitative estimate of drug-likeness (QED) is 0.754. The van der Waals surface area contributed by atoms with Crippen molar-refractivity contribution in [2.75, 3.05) is 27.2 Å². The first kappa shape index (κ1) is 17.6. The van der Waals surface area contributed by atoms with Gasteiger partial charge in [0.1, 0.15) is 4.88 Å². The first-order valence-corrected chi connectivity index (χ1v) is 8.66. The number of nitrogens with zero attached hydrogens (tertiary/aromatic N) is 3. The van der Waals surface area contributed by atoms with Crippen molar-refractivity contribution >= 4 is 17.2 Å². The van der Waals surface area contributed by atoms with Gasteiger partial charge < -0.3 is 10.2 Å². The number of hydrogen-bond acceptors (Lipinski definition) is 5. The fourth-order valence-electron chi connectivity index (χ4n) is 2.25. The summed E-state index contributed by atoms with van der Waals surface area (Å²) in [7, 11) is 4.06. The highest BCUT2D eigenvalue weighted by Gasteiger charge is 2.14. The molecule has 0 aliphatic carbocycles. The molecule has 0 fully saturated rings. The van der Waals surface area contributed by atoms with E-state index in [4.69, 9.17) is 0 Å². The van der Waals surface area contributed by atoms with Crippen molar-refractivity contribution < 1.29 is 4.79 Å². The monoisotopic (exact) mass is 332 g/mol. The Morgan fingerprint density at radius 1 is 1.26 bits per heavy atom. The fourth-order valence-corrected chi connectivity index (χ4v) is 3.23. The van der Waals surface area contributed by atoms with Crippen LogP contribution in [-0.2, 0) is 12.8 Å². The molecule has 0 saturated heterocycles. The number of hydrogen-bond donors (Lipinski definition) is 1. The number of aromatic nitrogens is 2. The molecule has 2 aromatic heterocycles. The molecule has 0 atom stereocenters. The standard InChI is InChI=1S/C17H24N4OS/c1-13-16(17(22)19-9-4-12-21(2)3)23-15(20-13)6-5-14-7-10-18-11-8-14/h7-8,10-11H,4-6,9,12H2,1-3H3,(H,19,22). The SMILES string of the molecule is Cc1nc(CCc2ccncc2)sc1C(=O)NCCCN(C)C. The van der Waals surface area contributed by atoms with Crippen LogP contribution in [0.4, 0.5) is 0 Å². The molecule has 2 rings (SSSR count). The van der Waals surface area contributed by atoms with Gasteiger partial charge in [0.15, 0.2) is 0 Å². The predicted molar refractivity (Wildman–Crippen MR) is 94.0 cm³/mol. The Morgan fingerprint density at radius 3 is 2.70 bits per heavy atom. The lowest BCUT2D eigenvalue weighted by atomic mass is 10.1. The van der Waals surface area contributed by atoms with Crippen molar-refractivity contribution in [2.24, 2.45) is 0 Å². The summed E-state index contributed by atoms with van der Waals surface area (Å²) in [5, 5.41) is 3.99. The van der Waals surface area contributed by atoms with Crippen molar-refractivity contribution in [1.82, 2.24) is 20.2 Å². The highest BCUT2D eigenvalue weighted by atomic mass is 32.1. The Morgan fingerprint density at radius 2 is 2.00 bits per heavy atom. The summed E-state index contributed by atoms with van der Waals surface area (Å²) in [6.45, 7) is 3.57. The Kier molecular flexibility index (Phi) is 6.67. The molecule has 6 heteroatoms. The summed E-state index contributed by atoms with van der Waals surface area (Å²) in [5.41, 5.74) is 2.06. The lowest BCUT2D eigenvalue weighted by molar-refractivity contribution is 0.0955. The van der Waals surface area contributed by atoms with Gasteiger partial charge in [-0.25, -0.2) is 4.98 Å². The number of carbonyl (C=O) groups is 1. The van der Waals surface area contributed by atoms with Crippen molar-refractivity contribution in [2.45, 2.75) is 26.2 Å². The third-order valence-electron chi connectivity index (χ3n) is 3.49. The molecule has 2 heterocycles. The Hall–Kier alpha value is -1.79. The first-order valence-electron chi connectivity index (χ1n) is 7.84. The average Bonchev–Trinajstić information content (AvgIpc) is 2.91. The summed E-state index contributed by atoms with van der Waals surface area (Å²) in [6.07, 6.45) is 6.32. The maximum absolute atomic E-state index is 12.2. The van der Waals surface area contributed by atoms with Crippen LogP contribution in [-0.4, -0.2) is 48.0 Å². The second-order valence-electron chi connectivity index (χ2n) is 5.79. The summed E-state index contributed by atoms with van der Waals surface area (Å²) in [5.74, 6) is -0.00563. The first-order chi connectivity index (χ1) is 11.1. The highest BCUT2D eigenvalue weighted by molar-refractivity contribution is 7.13. The van der Waals surface area contributed by atoms with Crippen LogP contribution in [0.25, 0.3) is 0 Å². The Bertz CT molecular complexity index is 625. The van der Waals surface area contributed by atoms with Gasteiger partial charge in [0, 0.05) is 25.4 Å². The maximum Gasteiger partial charge on any atom is 0.263 e. The lowest BCUT2D eigenvalue weighted by Gasteiger charge is -2.09. The van der Waals surface area contributed by atoms with Crippen molar-refractivity contribution in [3.8, 4) is 0 Å². The van der Waals surface area contributed by atoms with E-state index in [2.05, 4.69) is 20.2 Å². The molecule has 0 aromatic carbocycles. The zero-order valence-corrected chi connectivity index (χ0v) is 14.8. The molecule has 0 saturated carbocycles. The molecule has 0 spiro atoms. The summed E-state index contributed by atoms with van der Waals surface area (Å²) >= 11 is 1.50. The molecule has 0 unspecified atom stereocenters. The van der Waals surface area contributed by atoms with Crippen LogP contribution >= 0.6 is 11.3 Å². The van der Waals surface area contributed by atoms with Gasteiger partial charge in [0.25, 0.3) is 5.91 Å².